The van der Waals surface area contributed by atoms with E-state index in [9.17, 15) is 0 Å². The van der Waals surface area contributed by atoms with Crippen LogP contribution in [0.2, 0.25) is 0 Å². The first-order valence-corrected chi connectivity index (χ1v) is 4.58. The second-order valence-corrected chi connectivity index (χ2v) is 3.12. The molecule has 0 aromatic rings. The van der Waals surface area contributed by atoms with E-state index in [2.05, 4.69) is 6.07 Å². The molecule has 1 saturated heterocycles. The van der Waals surface area contributed by atoms with E-state index in [1.165, 1.54) is 0 Å². The van der Waals surface area contributed by atoms with Crippen molar-refractivity contribution in [3.8, 4) is 6.07 Å². The third-order valence-electron chi connectivity index (χ3n) is 2.30. The normalized spacial score (nSPS) is 23.7. The second-order valence-electron chi connectivity index (χ2n) is 3.12. The molecule has 80 valence electrons. The molecule has 1 aliphatic rings. The van der Waals surface area contributed by atoms with Gasteiger partial charge in [0.15, 0.2) is 6.29 Å². The van der Waals surface area contributed by atoms with Crippen molar-refractivity contribution in [3.63, 3.8) is 0 Å². The number of nitriles is 1. The van der Waals surface area contributed by atoms with Crippen LogP contribution < -0.4 is 0 Å². The topological polar surface area (TPSA) is 54.7 Å². The summed E-state index contributed by atoms with van der Waals surface area (Å²) in [5.41, 5.74) is 0. The van der Waals surface area contributed by atoms with Crippen LogP contribution >= 0.6 is 0 Å². The maximum Gasteiger partial charge on any atom is 0.169 e. The van der Waals surface area contributed by atoms with Crippen molar-refractivity contribution in [1.82, 2.24) is 4.90 Å². The molecule has 0 amide bonds. The number of ether oxygens (including phenoxy) is 3. The Hall–Kier alpha value is -0.670. The fraction of sp³-hybridized carbons (Fsp3) is 0.889. The van der Waals surface area contributed by atoms with Crippen LogP contribution in [0.25, 0.3) is 0 Å². The first-order valence-electron chi connectivity index (χ1n) is 4.58. The SMILES string of the molecule is COC(CN1CCOCC1C#N)OC. The van der Waals surface area contributed by atoms with Crippen molar-refractivity contribution in [1.29, 1.82) is 5.26 Å². The van der Waals surface area contributed by atoms with E-state index in [0.717, 1.165) is 6.54 Å². The molecule has 0 N–H and O–H groups in total. The molecule has 1 atom stereocenters. The molecule has 0 radical (unpaired) electrons. The van der Waals surface area contributed by atoms with Crippen LogP contribution in [0.1, 0.15) is 0 Å². The van der Waals surface area contributed by atoms with Gasteiger partial charge in [0, 0.05) is 20.8 Å². The van der Waals surface area contributed by atoms with Crippen LogP contribution in [-0.2, 0) is 14.2 Å². The van der Waals surface area contributed by atoms with E-state index >= 15 is 0 Å². The number of morpholine rings is 1. The zero-order valence-electron chi connectivity index (χ0n) is 8.60. The Morgan fingerprint density at radius 2 is 2.29 bits per heavy atom. The molecular weight excluding hydrogens is 184 g/mol. The minimum absolute atomic E-state index is 0.184. The van der Waals surface area contributed by atoms with Crippen molar-refractivity contribution in [2.24, 2.45) is 0 Å². The predicted molar refractivity (Wildman–Crippen MR) is 49.6 cm³/mol. The minimum atomic E-state index is -0.274. The van der Waals surface area contributed by atoms with E-state index in [1.54, 1.807) is 14.2 Å². The zero-order chi connectivity index (χ0) is 10.4. The van der Waals surface area contributed by atoms with E-state index in [1.807, 2.05) is 4.90 Å². The molecule has 0 aromatic heterocycles. The molecule has 1 fully saturated rings. The van der Waals surface area contributed by atoms with Crippen molar-refractivity contribution in [3.05, 3.63) is 0 Å². The Labute approximate surface area is 84.1 Å². The first-order chi connectivity index (χ1) is 6.81. The van der Waals surface area contributed by atoms with Crippen LogP contribution in [0.3, 0.4) is 0 Å². The summed E-state index contributed by atoms with van der Waals surface area (Å²) in [6, 6.07) is 2.01. The highest BCUT2D eigenvalue weighted by molar-refractivity contribution is 4.93. The number of rotatable bonds is 4. The molecule has 1 unspecified atom stereocenters. The van der Waals surface area contributed by atoms with Gasteiger partial charge in [-0.15, -0.1) is 0 Å². The maximum absolute atomic E-state index is 8.87. The summed E-state index contributed by atoms with van der Waals surface area (Å²) in [5.74, 6) is 0. The molecule has 5 heteroatoms. The molecule has 0 bridgehead atoms. The monoisotopic (exact) mass is 200 g/mol. The summed E-state index contributed by atoms with van der Waals surface area (Å²) in [6.45, 7) is 2.49. The third kappa shape index (κ3) is 2.93. The van der Waals surface area contributed by atoms with Crippen molar-refractivity contribution >= 4 is 0 Å². The summed E-state index contributed by atoms with van der Waals surface area (Å²) < 4.78 is 15.4. The lowest BCUT2D eigenvalue weighted by molar-refractivity contribution is -0.128. The van der Waals surface area contributed by atoms with Gasteiger partial charge in [-0.2, -0.15) is 5.26 Å². The molecule has 1 rings (SSSR count). The lowest BCUT2D eigenvalue weighted by Crippen LogP contribution is -2.48. The highest BCUT2D eigenvalue weighted by Crippen LogP contribution is 2.07. The van der Waals surface area contributed by atoms with Gasteiger partial charge >= 0.3 is 0 Å². The van der Waals surface area contributed by atoms with Gasteiger partial charge in [0.2, 0.25) is 0 Å². The van der Waals surface area contributed by atoms with E-state index in [4.69, 9.17) is 19.5 Å². The van der Waals surface area contributed by atoms with Gasteiger partial charge in [-0.05, 0) is 0 Å². The van der Waals surface area contributed by atoms with E-state index in [0.29, 0.717) is 19.8 Å². The van der Waals surface area contributed by atoms with Crippen molar-refractivity contribution in [2.45, 2.75) is 12.3 Å². The van der Waals surface area contributed by atoms with Gasteiger partial charge in [-0.3, -0.25) is 4.90 Å². The Balaban J connectivity index is 2.44. The highest BCUT2D eigenvalue weighted by atomic mass is 16.7. The number of methoxy groups -OCH3 is 2. The standard InChI is InChI=1S/C9H16N2O3/c1-12-9(13-2)6-11-3-4-14-7-8(11)5-10/h8-9H,3-4,6-7H2,1-2H3. The molecule has 0 spiro atoms. The predicted octanol–water partition coefficient (Wildman–Crippen LogP) is -0.170. The van der Waals surface area contributed by atoms with E-state index < -0.39 is 0 Å². The molecule has 14 heavy (non-hydrogen) atoms. The average Bonchev–Trinajstić information content (AvgIpc) is 2.26. The van der Waals surface area contributed by atoms with Crippen LogP contribution in [0, 0.1) is 11.3 Å². The van der Waals surface area contributed by atoms with Gasteiger partial charge in [0.1, 0.15) is 6.04 Å². The van der Waals surface area contributed by atoms with Gasteiger partial charge in [-0.25, -0.2) is 0 Å². The Morgan fingerprint density at radius 3 is 2.86 bits per heavy atom. The van der Waals surface area contributed by atoms with Gasteiger partial charge in [0.25, 0.3) is 0 Å². The number of nitrogens with zero attached hydrogens (tertiary/aromatic N) is 2. The Morgan fingerprint density at radius 1 is 1.57 bits per heavy atom. The summed E-state index contributed by atoms with van der Waals surface area (Å²) >= 11 is 0. The summed E-state index contributed by atoms with van der Waals surface area (Å²) in [5, 5.41) is 8.87. The average molecular weight is 200 g/mol. The van der Waals surface area contributed by atoms with Crippen LogP contribution in [0.4, 0.5) is 0 Å². The van der Waals surface area contributed by atoms with Crippen LogP contribution in [0.5, 0.6) is 0 Å². The fourth-order valence-electron chi connectivity index (χ4n) is 1.41. The quantitative estimate of drug-likeness (QED) is 0.590. The molecular formula is C9H16N2O3. The third-order valence-corrected chi connectivity index (χ3v) is 2.30. The summed E-state index contributed by atoms with van der Waals surface area (Å²) in [7, 11) is 3.19. The molecule has 0 saturated carbocycles. The smallest absolute Gasteiger partial charge is 0.169 e. The largest absolute Gasteiger partial charge is 0.377 e. The molecule has 0 aliphatic carbocycles. The maximum atomic E-state index is 8.87. The Kier molecular flexibility index (Phi) is 4.84. The summed E-state index contributed by atoms with van der Waals surface area (Å²) in [4.78, 5) is 2.02. The lowest BCUT2D eigenvalue weighted by atomic mass is 10.2. The van der Waals surface area contributed by atoms with Crippen molar-refractivity contribution in [2.75, 3.05) is 40.5 Å². The zero-order valence-corrected chi connectivity index (χ0v) is 8.60. The molecule has 1 heterocycles. The lowest BCUT2D eigenvalue weighted by Gasteiger charge is -2.32. The van der Waals surface area contributed by atoms with E-state index in [-0.39, 0.29) is 12.3 Å². The molecule has 1 aliphatic heterocycles. The highest BCUT2D eigenvalue weighted by Gasteiger charge is 2.24. The Bertz CT molecular complexity index is 201. The van der Waals surface area contributed by atoms with Crippen LogP contribution in [-0.4, -0.2) is 57.8 Å². The number of hydrogen-bond acceptors (Lipinski definition) is 5. The van der Waals surface area contributed by atoms with Gasteiger partial charge < -0.3 is 14.2 Å². The number of hydrogen-bond donors (Lipinski definition) is 0. The molecule has 0 aromatic carbocycles. The first kappa shape index (κ1) is 11.4. The summed E-state index contributed by atoms with van der Waals surface area (Å²) in [6.07, 6.45) is -0.274. The molecule has 5 nitrogen and oxygen atoms in total. The van der Waals surface area contributed by atoms with Crippen LogP contribution in [0.15, 0.2) is 0 Å². The second kappa shape index (κ2) is 5.94. The van der Waals surface area contributed by atoms with Gasteiger partial charge in [-0.1, -0.05) is 0 Å². The van der Waals surface area contributed by atoms with Gasteiger partial charge in [0.05, 0.1) is 25.8 Å². The minimum Gasteiger partial charge on any atom is -0.377 e. The fourth-order valence-corrected chi connectivity index (χ4v) is 1.41. The van der Waals surface area contributed by atoms with Crippen molar-refractivity contribution < 1.29 is 14.2 Å².